The van der Waals surface area contributed by atoms with E-state index in [0.29, 0.717) is 11.8 Å². The van der Waals surface area contributed by atoms with E-state index in [4.69, 9.17) is 18.9 Å². The summed E-state index contributed by atoms with van der Waals surface area (Å²) in [6.45, 7) is 16.1. The number of anilines is 1. The molecular weight excluding hydrogens is 603 g/mol. The molecule has 0 radical (unpaired) electrons. The number of nitrogens with one attached hydrogen (secondary N) is 1. The van der Waals surface area contributed by atoms with Crippen molar-refractivity contribution < 1.29 is 18.9 Å². The van der Waals surface area contributed by atoms with Gasteiger partial charge in [0.05, 0.1) is 26.4 Å². The molecular formula is C32H47IN2O4. The quantitative estimate of drug-likeness (QED) is 0.375. The first-order valence-electron chi connectivity index (χ1n) is 14.7. The van der Waals surface area contributed by atoms with Crippen molar-refractivity contribution in [1.29, 1.82) is 0 Å². The Morgan fingerprint density at radius 3 is 1.62 bits per heavy atom. The van der Waals surface area contributed by atoms with Crippen LogP contribution in [0.3, 0.4) is 0 Å². The second-order valence-electron chi connectivity index (χ2n) is 11.3. The van der Waals surface area contributed by atoms with Crippen molar-refractivity contribution in [3.05, 3.63) is 63.2 Å². The first-order chi connectivity index (χ1) is 18.8. The highest BCUT2D eigenvalue weighted by Crippen LogP contribution is 2.35. The summed E-state index contributed by atoms with van der Waals surface area (Å²) in [5, 5.41) is 3.28. The Balaban J connectivity index is 0.000000149. The minimum absolute atomic E-state index is 0.189. The largest absolute Gasteiger partial charge is 0.371 e. The summed E-state index contributed by atoms with van der Waals surface area (Å²) in [4.78, 5) is 2.48. The van der Waals surface area contributed by atoms with Crippen LogP contribution in [-0.2, 0) is 18.9 Å². The lowest BCUT2D eigenvalue weighted by Crippen LogP contribution is -2.45. The lowest BCUT2D eigenvalue weighted by atomic mass is 9.97. The van der Waals surface area contributed by atoms with E-state index in [1.54, 1.807) is 0 Å². The first-order valence-corrected chi connectivity index (χ1v) is 15.8. The van der Waals surface area contributed by atoms with Gasteiger partial charge in [-0.25, -0.2) is 0 Å². The molecule has 0 aromatic heterocycles. The SMILES string of the molecule is C1CC2(CCN1)OCCO2.CC(C)c1ccccc1I.CC(C)c1ccccc1N1CCC2(CC1)OCCO2. The summed E-state index contributed by atoms with van der Waals surface area (Å²) in [7, 11) is 0. The van der Waals surface area contributed by atoms with Gasteiger partial charge in [-0.1, -0.05) is 64.1 Å². The molecule has 0 amide bonds. The van der Waals surface area contributed by atoms with E-state index in [9.17, 15) is 0 Å². The topological polar surface area (TPSA) is 52.2 Å². The normalized spacial score (nSPS) is 21.6. The minimum atomic E-state index is -0.275. The van der Waals surface area contributed by atoms with E-state index >= 15 is 0 Å². The number of halogens is 1. The molecule has 0 aliphatic carbocycles. The summed E-state index contributed by atoms with van der Waals surface area (Å²) in [5.41, 5.74) is 4.26. The van der Waals surface area contributed by atoms with E-state index in [0.717, 1.165) is 78.3 Å². The van der Waals surface area contributed by atoms with Crippen LogP contribution in [0, 0.1) is 3.57 Å². The summed E-state index contributed by atoms with van der Waals surface area (Å²) < 4.78 is 24.0. The van der Waals surface area contributed by atoms with Crippen LogP contribution >= 0.6 is 22.6 Å². The smallest absolute Gasteiger partial charge is 0.171 e. The summed E-state index contributed by atoms with van der Waals surface area (Å²) in [6.07, 6.45) is 3.96. The lowest BCUT2D eigenvalue weighted by Gasteiger charge is -2.39. The summed E-state index contributed by atoms with van der Waals surface area (Å²) in [6, 6.07) is 17.3. The van der Waals surface area contributed by atoms with E-state index in [1.807, 2.05) is 0 Å². The number of ether oxygens (including phenoxy) is 4. The Morgan fingerprint density at radius 1 is 0.667 bits per heavy atom. The van der Waals surface area contributed by atoms with Gasteiger partial charge in [-0.2, -0.15) is 0 Å². The maximum absolute atomic E-state index is 5.79. The molecule has 0 bridgehead atoms. The maximum atomic E-state index is 5.79. The summed E-state index contributed by atoms with van der Waals surface area (Å²) >= 11 is 2.38. The molecule has 0 atom stereocenters. The van der Waals surface area contributed by atoms with Crippen LogP contribution in [0.25, 0.3) is 0 Å². The molecule has 4 aliphatic heterocycles. The van der Waals surface area contributed by atoms with Crippen LogP contribution in [0.1, 0.15) is 76.3 Å². The maximum Gasteiger partial charge on any atom is 0.171 e. The molecule has 0 unspecified atom stereocenters. The van der Waals surface area contributed by atoms with E-state index < -0.39 is 0 Å². The van der Waals surface area contributed by atoms with Gasteiger partial charge >= 0.3 is 0 Å². The van der Waals surface area contributed by atoms with Gasteiger partial charge < -0.3 is 29.2 Å². The van der Waals surface area contributed by atoms with E-state index in [2.05, 4.69) is 109 Å². The van der Waals surface area contributed by atoms with Crippen molar-refractivity contribution in [2.45, 2.75) is 76.8 Å². The molecule has 4 fully saturated rings. The predicted molar refractivity (Wildman–Crippen MR) is 167 cm³/mol. The zero-order valence-electron chi connectivity index (χ0n) is 24.2. The highest BCUT2D eigenvalue weighted by molar-refractivity contribution is 14.1. The molecule has 39 heavy (non-hydrogen) atoms. The molecule has 6 nitrogen and oxygen atoms in total. The van der Waals surface area contributed by atoms with E-state index in [-0.39, 0.29) is 11.6 Å². The fourth-order valence-corrected chi connectivity index (χ4v) is 6.68. The molecule has 4 saturated heterocycles. The van der Waals surface area contributed by atoms with Crippen LogP contribution in [0.5, 0.6) is 0 Å². The number of rotatable bonds is 3. The van der Waals surface area contributed by atoms with Crippen LogP contribution in [-0.4, -0.2) is 64.2 Å². The number of hydrogen-bond donors (Lipinski definition) is 1. The lowest BCUT2D eigenvalue weighted by molar-refractivity contribution is -0.172. The Labute approximate surface area is 249 Å². The van der Waals surface area contributed by atoms with Crippen LogP contribution < -0.4 is 10.2 Å². The molecule has 6 rings (SSSR count). The number of piperidine rings is 2. The monoisotopic (exact) mass is 650 g/mol. The standard InChI is InChI=1S/C16H23NO2.C9H11I.C7H13NO2/c1-13(2)14-5-3-4-6-15(14)17-9-7-16(8-10-17)18-11-12-19-16;1-7(2)8-5-3-4-6-9(8)10;1-3-8-4-2-7(1)9-5-6-10-7/h3-6,13H,7-12H2,1-2H3;3-7H,1-2H3;8H,1-6H2. The Hall–Kier alpha value is -1.23. The van der Waals surface area contributed by atoms with Crippen LogP contribution in [0.4, 0.5) is 5.69 Å². The van der Waals surface area contributed by atoms with Crippen LogP contribution in [0.2, 0.25) is 0 Å². The van der Waals surface area contributed by atoms with Crippen molar-refractivity contribution in [1.82, 2.24) is 5.32 Å². The Kier molecular flexibility index (Phi) is 11.5. The van der Waals surface area contributed by atoms with Crippen molar-refractivity contribution >= 4 is 28.3 Å². The molecule has 7 heteroatoms. The third-order valence-electron chi connectivity index (χ3n) is 7.94. The molecule has 4 aliphatic rings. The molecule has 2 spiro atoms. The van der Waals surface area contributed by atoms with Gasteiger partial charge in [-0.15, -0.1) is 0 Å². The predicted octanol–water partition coefficient (Wildman–Crippen LogP) is 6.68. The van der Waals surface area contributed by atoms with Gasteiger partial charge in [0.2, 0.25) is 0 Å². The van der Waals surface area contributed by atoms with Gasteiger partial charge in [-0.3, -0.25) is 0 Å². The fraction of sp³-hybridized carbons (Fsp3) is 0.625. The highest BCUT2D eigenvalue weighted by atomic mass is 127. The van der Waals surface area contributed by atoms with Gasteiger partial charge in [0, 0.05) is 61.1 Å². The molecule has 2 aromatic carbocycles. The third-order valence-corrected chi connectivity index (χ3v) is 8.93. The number of para-hydroxylation sites is 1. The zero-order chi connectivity index (χ0) is 27.7. The number of nitrogens with zero attached hydrogens (tertiary/aromatic N) is 1. The second-order valence-corrected chi connectivity index (χ2v) is 12.5. The average molecular weight is 651 g/mol. The van der Waals surface area contributed by atoms with E-state index in [1.165, 1.54) is 20.4 Å². The Bertz CT molecular complexity index is 1000. The van der Waals surface area contributed by atoms with Crippen LogP contribution in [0.15, 0.2) is 48.5 Å². The van der Waals surface area contributed by atoms with Gasteiger partial charge in [-0.05, 0) is 57.7 Å². The molecule has 1 N–H and O–H groups in total. The Morgan fingerprint density at radius 2 is 1.13 bits per heavy atom. The van der Waals surface area contributed by atoms with Crippen molar-refractivity contribution in [2.75, 3.05) is 57.5 Å². The van der Waals surface area contributed by atoms with Gasteiger partial charge in [0.15, 0.2) is 11.6 Å². The van der Waals surface area contributed by atoms with Gasteiger partial charge in [0.1, 0.15) is 0 Å². The number of benzene rings is 2. The molecule has 0 saturated carbocycles. The summed E-state index contributed by atoms with van der Waals surface area (Å²) in [5.74, 6) is 0.744. The molecule has 4 heterocycles. The average Bonchev–Trinajstić information content (AvgIpc) is 3.60. The zero-order valence-corrected chi connectivity index (χ0v) is 26.4. The third kappa shape index (κ3) is 8.39. The van der Waals surface area contributed by atoms with Crippen molar-refractivity contribution in [2.24, 2.45) is 0 Å². The van der Waals surface area contributed by atoms with Crippen molar-refractivity contribution in [3.8, 4) is 0 Å². The second kappa shape index (κ2) is 14.6. The fourth-order valence-electron chi connectivity index (χ4n) is 5.67. The molecule has 216 valence electrons. The van der Waals surface area contributed by atoms with Gasteiger partial charge in [0.25, 0.3) is 0 Å². The number of hydrogen-bond acceptors (Lipinski definition) is 6. The highest BCUT2D eigenvalue weighted by Gasteiger charge is 2.40. The molecule has 2 aromatic rings. The minimum Gasteiger partial charge on any atom is -0.371 e. The first kappa shape index (κ1) is 30.7. The van der Waals surface area contributed by atoms with Crippen molar-refractivity contribution in [3.63, 3.8) is 0 Å².